The Bertz CT molecular complexity index is 702. The average Bonchev–Trinajstić information content (AvgIpc) is 2.59. The number of halogens is 1. The number of amides is 2. The van der Waals surface area contributed by atoms with E-state index in [4.69, 9.17) is 5.26 Å². The van der Waals surface area contributed by atoms with Gasteiger partial charge in [0.2, 0.25) is 11.8 Å². The maximum absolute atomic E-state index is 13.9. The van der Waals surface area contributed by atoms with Crippen molar-refractivity contribution in [1.82, 2.24) is 10.6 Å². The summed E-state index contributed by atoms with van der Waals surface area (Å²) in [5, 5.41) is 13.8. The fourth-order valence-corrected chi connectivity index (χ4v) is 2.41. The van der Waals surface area contributed by atoms with Crippen LogP contribution < -0.4 is 10.6 Å². The van der Waals surface area contributed by atoms with Crippen LogP contribution in [-0.2, 0) is 25.5 Å². The van der Waals surface area contributed by atoms with Gasteiger partial charge in [-0.1, -0.05) is 25.1 Å². The highest BCUT2D eigenvalue weighted by molar-refractivity contribution is 5.90. The molecule has 0 aromatic heterocycles. The van der Waals surface area contributed by atoms with Crippen molar-refractivity contribution < 1.29 is 23.5 Å². The Labute approximate surface area is 151 Å². The van der Waals surface area contributed by atoms with Crippen molar-refractivity contribution >= 4 is 17.8 Å². The molecule has 0 spiro atoms. The predicted molar refractivity (Wildman–Crippen MR) is 91.0 cm³/mol. The highest BCUT2D eigenvalue weighted by Gasteiger charge is 2.31. The van der Waals surface area contributed by atoms with Gasteiger partial charge in [-0.05, 0) is 11.6 Å². The molecule has 1 aromatic carbocycles. The van der Waals surface area contributed by atoms with Gasteiger partial charge in [0.1, 0.15) is 17.9 Å². The molecule has 0 aliphatic carbocycles. The summed E-state index contributed by atoms with van der Waals surface area (Å²) >= 11 is 0. The first-order valence-electron chi connectivity index (χ1n) is 8.05. The Kier molecular flexibility index (Phi) is 8.22. The summed E-state index contributed by atoms with van der Waals surface area (Å²) in [4.78, 5) is 35.9. The van der Waals surface area contributed by atoms with Crippen molar-refractivity contribution in [3.8, 4) is 6.07 Å². The molecular formula is C18H22FN3O4. The zero-order valence-electron chi connectivity index (χ0n) is 14.9. The second-order valence-corrected chi connectivity index (χ2v) is 5.90. The smallest absolute Gasteiger partial charge is 0.328 e. The monoisotopic (exact) mass is 363 g/mol. The van der Waals surface area contributed by atoms with Crippen LogP contribution >= 0.6 is 0 Å². The van der Waals surface area contributed by atoms with Crippen molar-refractivity contribution in [3.05, 3.63) is 35.6 Å². The fraction of sp³-hybridized carbons (Fsp3) is 0.444. The van der Waals surface area contributed by atoms with E-state index in [9.17, 15) is 18.8 Å². The molecule has 1 aromatic rings. The van der Waals surface area contributed by atoms with Gasteiger partial charge in [-0.25, -0.2) is 9.18 Å². The van der Waals surface area contributed by atoms with E-state index in [1.165, 1.54) is 32.2 Å². The van der Waals surface area contributed by atoms with E-state index in [0.717, 1.165) is 0 Å². The Morgan fingerprint density at radius 1 is 1.27 bits per heavy atom. The molecule has 3 atom stereocenters. The lowest BCUT2D eigenvalue weighted by Gasteiger charge is -2.24. The van der Waals surface area contributed by atoms with Crippen LogP contribution in [0.15, 0.2) is 24.3 Å². The molecule has 0 aliphatic rings. The molecule has 0 unspecified atom stereocenters. The number of hydrogen-bond acceptors (Lipinski definition) is 5. The number of nitrogens with zero attached hydrogens (tertiary/aromatic N) is 1. The molecule has 0 saturated carbocycles. The largest absolute Gasteiger partial charge is 0.467 e. The van der Waals surface area contributed by atoms with E-state index < -0.39 is 41.6 Å². The topological polar surface area (TPSA) is 108 Å². The zero-order valence-corrected chi connectivity index (χ0v) is 14.9. The number of hydrogen-bond donors (Lipinski definition) is 2. The van der Waals surface area contributed by atoms with Crippen LogP contribution in [0.3, 0.4) is 0 Å². The van der Waals surface area contributed by atoms with Gasteiger partial charge < -0.3 is 15.4 Å². The zero-order chi connectivity index (χ0) is 19.7. The summed E-state index contributed by atoms with van der Waals surface area (Å²) < 4.78 is 18.5. The van der Waals surface area contributed by atoms with Crippen LogP contribution in [0.25, 0.3) is 0 Å². The number of nitriles is 1. The fourth-order valence-electron chi connectivity index (χ4n) is 2.41. The van der Waals surface area contributed by atoms with Crippen molar-refractivity contribution in [2.45, 2.75) is 38.8 Å². The van der Waals surface area contributed by atoms with Crippen LogP contribution in [0, 0.1) is 23.1 Å². The summed E-state index contributed by atoms with van der Waals surface area (Å²) in [6.07, 6.45) is -0.0588. The van der Waals surface area contributed by atoms with E-state index in [0.29, 0.717) is 0 Å². The molecule has 0 fully saturated rings. The first kappa shape index (κ1) is 21.1. The second-order valence-electron chi connectivity index (χ2n) is 5.90. The average molecular weight is 363 g/mol. The van der Waals surface area contributed by atoms with Gasteiger partial charge in [0.15, 0.2) is 0 Å². The highest BCUT2D eigenvalue weighted by atomic mass is 19.1. The van der Waals surface area contributed by atoms with E-state index >= 15 is 0 Å². The van der Waals surface area contributed by atoms with Gasteiger partial charge in [0.25, 0.3) is 0 Å². The van der Waals surface area contributed by atoms with Crippen LogP contribution in [-0.4, -0.2) is 37.0 Å². The summed E-state index contributed by atoms with van der Waals surface area (Å²) in [5.74, 6) is -2.83. The van der Waals surface area contributed by atoms with Gasteiger partial charge in [0, 0.05) is 25.7 Å². The Hall–Kier alpha value is -2.95. The first-order valence-corrected chi connectivity index (χ1v) is 8.05. The minimum absolute atomic E-state index is 0.0260. The molecular weight excluding hydrogens is 341 g/mol. The predicted octanol–water partition coefficient (Wildman–Crippen LogP) is 1.08. The van der Waals surface area contributed by atoms with Crippen LogP contribution in [0.1, 0.15) is 25.8 Å². The van der Waals surface area contributed by atoms with E-state index in [2.05, 4.69) is 15.4 Å². The number of nitrogens with one attached hydrogen (secondary N) is 2. The minimum atomic E-state index is -1.08. The lowest BCUT2D eigenvalue weighted by Crippen LogP contribution is -2.54. The third-order valence-electron chi connectivity index (χ3n) is 3.81. The molecule has 0 bridgehead atoms. The molecule has 0 saturated heterocycles. The van der Waals surface area contributed by atoms with Crippen LogP contribution in [0.5, 0.6) is 0 Å². The number of benzene rings is 1. The number of methoxy groups -OCH3 is 1. The third kappa shape index (κ3) is 6.16. The number of ether oxygens (including phenoxy) is 1. The molecule has 2 N–H and O–H groups in total. The van der Waals surface area contributed by atoms with Crippen LogP contribution in [0.2, 0.25) is 0 Å². The van der Waals surface area contributed by atoms with Crippen molar-refractivity contribution in [2.24, 2.45) is 5.92 Å². The van der Waals surface area contributed by atoms with Gasteiger partial charge in [-0.15, -0.1) is 0 Å². The number of esters is 1. The summed E-state index contributed by atoms with van der Waals surface area (Å²) in [6, 6.07) is 5.70. The molecule has 0 radical (unpaired) electrons. The van der Waals surface area contributed by atoms with Gasteiger partial charge in [-0.2, -0.15) is 5.26 Å². The lowest BCUT2D eigenvalue weighted by molar-refractivity contribution is -0.146. The molecule has 7 nitrogen and oxygen atoms in total. The third-order valence-corrected chi connectivity index (χ3v) is 3.81. The number of rotatable bonds is 8. The second kappa shape index (κ2) is 10.1. The Morgan fingerprint density at radius 2 is 1.92 bits per heavy atom. The molecule has 8 heteroatoms. The molecule has 26 heavy (non-hydrogen) atoms. The van der Waals surface area contributed by atoms with Crippen molar-refractivity contribution in [3.63, 3.8) is 0 Å². The van der Waals surface area contributed by atoms with E-state index in [1.807, 2.05) is 6.07 Å². The van der Waals surface area contributed by atoms with Gasteiger partial charge >= 0.3 is 5.97 Å². The van der Waals surface area contributed by atoms with Gasteiger partial charge in [0.05, 0.1) is 13.2 Å². The highest BCUT2D eigenvalue weighted by Crippen LogP contribution is 2.12. The molecule has 1 rings (SSSR count). The van der Waals surface area contributed by atoms with E-state index in [-0.39, 0.29) is 18.4 Å². The Balaban J connectivity index is 2.99. The normalized spacial score (nSPS) is 13.7. The van der Waals surface area contributed by atoms with Gasteiger partial charge in [-0.3, -0.25) is 9.59 Å². The quantitative estimate of drug-likeness (QED) is 0.672. The molecule has 0 heterocycles. The van der Waals surface area contributed by atoms with Crippen molar-refractivity contribution in [1.29, 1.82) is 5.26 Å². The standard InChI is InChI=1S/C18H22FN3O4/c1-11(8-9-20)16(18(25)26-3)22-17(24)15(21-12(2)23)10-13-6-4-5-7-14(13)19/h4-7,11,15-16H,8,10H2,1-3H3,(H,21,23)(H,22,24)/t11-,15+,16+/m0/s1. The number of carbonyl (C=O) groups is 3. The molecule has 0 aliphatic heterocycles. The minimum Gasteiger partial charge on any atom is -0.467 e. The summed E-state index contributed by atoms with van der Waals surface area (Å²) in [7, 11) is 1.17. The molecule has 140 valence electrons. The Morgan fingerprint density at radius 3 is 2.46 bits per heavy atom. The SMILES string of the molecule is COC(=O)[C@H](NC(=O)[C@@H](Cc1ccccc1F)NC(C)=O)[C@@H](C)CC#N. The summed E-state index contributed by atoms with van der Waals surface area (Å²) in [6.45, 7) is 2.85. The van der Waals surface area contributed by atoms with E-state index in [1.54, 1.807) is 13.0 Å². The van der Waals surface area contributed by atoms with Crippen molar-refractivity contribution in [2.75, 3.05) is 7.11 Å². The number of carbonyl (C=O) groups excluding carboxylic acids is 3. The first-order chi connectivity index (χ1) is 12.3. The maximum Gasteiger partial charge on any atom is 0.328 e. The summed E-state index contributed by atoms with van der Waals surface area (Å²) in [5.41, 5.74) is 0.251. The lowest BCUT2D eigenvalue weighted by atomic mass is 9.97. The molecule has 2 amide bonds. The maximum atomic E-state index is 13.9. The van der Waals surface area contributed by atoms with Crippen LogP contribution in [0.4, 0.5) is 4.39 Å².